The quantitative estimate of drug-likeness (QED) is 0.866. The van der Waals surface area contributed by atoms with Crippen molar-refractivity contribution < 1.29 is 4.79 Å². The molecule has 1 aliphatic heterocycles. The highest BCUT2D eigenvalue weighted by molar-refractivity contribution is 6.34. The maximum atomic E-state index is 12.3. The van der Waals surface area contributed by atoms with Gasteiger partial charge in [-0.05, 0) is 63.3 Å². The van der Waals surface area contributed by atoms with Crippen molar-refractivity contribution in [2.45, 2.75) is 39.7 Å². The molecule has 1 aromatic carbocycles. The normalized spacial score (nSPS) is 19.8. The third kappa shape index (κ3) is 5.64. The van der Waals surface area contributed by atoms with Crippen molar-refractivity contribution in [3.8, 4) is 0 Å². The number of benzene rings is 1. The summed E-state index contributed by atoms with van der Waals surface area (Å²) < 4.78 is 0. The second kappa shape index (κ2) is 8.88. The van der Waals surface area contributed by atoms with E-state index in [1.807, 2.05) is 32.9 Å². The summed E-state index contributed by atoms with van der Waals surface area (Å²) in [5, 5.41) is 3.55. The molecule has 1 heterocycles. The molecule has 0 radical (unpaired) electrons. The van der Waals surface area contributed by atoms with E-state index >= 15 is 0 Å². The van der Waals surface area contributed by atoms with E-state index in [0.717, 1.165) is 42.7 Å². The topological polar surface area (TPSA) is 58.4 Å². The SMILES string of the molecule is Cc1cc(C)c(NC(=O)CN2CCCC(C(C)N)C2)c(Cl)c1.Cl. The monoisotopic (exact) mass is 359 g/mol. The lowest BCUT2D eigenvalue weighted by Gasteiger charge is -2.34. The van der Waals surface area contributed by atoms with Crippen molar-refractivity contribution >= 4 is 35.6 Å². The van der Waals surface area contributed by atoms with Crippen LogP contribution in [-0.4, -0.2) is 36.5 Å². The van der Waals surface area contributed by atoms with Gasteiger partial charge in [0.2, 0.25) is 5.91 Å². The van der Waals surface area contributed by atoms with Gasteiger partial charge in [0.1, 0.15) is 0 Å². The number of nitrogens with two attached hydrogens (primary N) is 1. The van der Waals surface area contributed by atoms with Crippen LogP contribution >= 0.6 is 24.0 Å². The number of hydrogen-bond acceptors (Lipinski definition) is 3. The summed E-state index contributed by atoms with van der Waals surface area (Å²) in [6.07, 6.45) is 2.25. The van der Waals surface area contributed by atoms with Crippen molar-refractivity contribution in [3.63, 3.8) is 0 Å². The summed E-state index contributed by atoms with van der Waals surface area (Å²) >= 11 is 6.24. The molecule has 130 valence electrons. The summed E-state index contributed by atoms with van der Waals surface area (Å²) in [4.78, 5) is 14.5. The van der Waals surface area contributed by atoms with E-state index in [1.165, 1.54) is 0 Å². The Morgan fingerprint density at radius 3 is 2.78 bits per heavy atom. The summed E-state index contributed by atoms with van der Waals surface area (Å²) in [5.74, 6) is 0.463. The number of rotatable bonds is 4. The van der Waals surface area contributed by atoms with Crippen molar-refractivity contribution in [3.05, 3.63) is 28.3 Å². The fraction of sp³-hybridized carbons (Fsp3) is 0.588. The van der Waals surface area contributed by atoms with E-state index in [2.05, 4.69) is 10.2 Å². The molecule has 1 aliphatic rings. The molecule has 0 aliphatic carbocycles. The number of halogens is 2. The van der Waals surface area contributed by atoms with Crippen LogP contribution in [0.3, 0.4) is 0 Å². The van der Waals surface area contributed by atoms with Crippen molar-refractivity contribution in [1.82, 2.24) is 4.90 Å². The molecule has 1 amide bonds. The number of nitrogens with zero attached hydrogens (tertiary/aromatic N) is 1. The first kappa shape index (κ1) is 20.2. The highest BCUT2D eigenvalue weighted by atomic mass is 35.5. The Labute approximate surface area is 150 Å². The molecule has 4 nitrogen and oxygen atoms in total. The zero-order valence-corrected chi connectivity index (χ0v) is 15.6. The zero-order valence-electron chi connectivity index (χ0n) is 14.1. The van der Waals surface area contributed by atoms with Crippen LogP contribution in [0, 0.1) is 19.8 Å². The molecule has 1 fully saturated rings. The lowest BCUT2D eigenvalue weighted by Crippen LogP contribution is -2.45. The fourth-order valence-corrected chi connectivity index (χ4v) is 3.49. The van der Waals surface area contributed by atoms with E-state index in [9.17, 15) is 4.79 Å². The standard InChI is InChI=1S/C17H26ClN3O.ClH/c1-11-7-12(2)17(15(18)8-11)20-16(22)10-21-6-4-5-14(9-21)13(3)19;/h7-8,13-14H,4-6,9-10,19H2,1-3H3,(H,20,22);1H. The molecule has 0 saturated carbocycles. The number of amides is 1. The second-order valence-electron chi connectivity index (χ2n) is 6.48. The van der Waals surface area contributed by atoms with E-state index in [4.69, 9.17) is 17.3 Å². The lowest BCUT2D eigenvalue weighted by atomic mass is 9.92. The number of piperidine rings is 1. The summed E-state index contributed by atoms with van der Waals surface area (Å²) in [6, 6.07) is 4.07. The minimum atomic E-state index is -0.0147. The molecule has 2 unspecified atom stereocenters. The number of aryl methyl sites for hydroxylation is 2. The highest BCUT2D eigenvalue weighted by Gasteiger charge is 2.24. The van der Waals surface area contributed by atoms with Gasteiger partial charge in [0, 0.05) is 12.6 Å². The number of carbonyl (C=O) groups excluding carboxylic acids is 1. The molecule has 6 heteroatoms. The molecule has 3 N–H and O–H groups in total. The van der Waals surface area contributed by atoms with E-state index in [0.29, 0.717) is 17.5 Å². The number of hydrogen-bond donors (Lipinski definition) is 2. The first-order valence-corrected chi connectivity index (χ1v) is 8.29. The molecule has 0 aromatic heterocycles. The van der Waals surface area contributed by atoms with Crippen LogP contribution in [0.5, 0.6) is 0 Å². The van der Waals surface area contributed by atoms with Crippen LogP contribution in [0.2, 0.25) is 5.02 Å². The highest BCUT2D eigenvalue weighted by Crippen LogP contribution is 2.27. The zero-order chi connectivity index (χ0) is 16.3. The van der Waals surface area contributed by atoms with E-state index in [-0.39, 0.29) is 24.4 Å². The van der Waals surface area contributed by atoms with Crippen molar-refractivity contribution in [2.24, 2.45) is 11.7 Å². The fourth-order valence-electron chi connectivity index (χ4n) is 3.12. The Morgan fingerprint density at radius 1 is 1.48 bits per heavy atom. The molecule has 2 atom stereocenters. The molecule has 0 spiro atoms. The van der Waals surface area contributed by atoms with Gasteiger partial charge in [0.15, 0.2) is 0 Å². The maximum Gasteiger partial charge on any atom is 0.238 e. The number of nitrogens with one attached hydrogen (secondary N) is 1. The Balaban J connectivity index is 0.00000264. The van der Waals surface area contributed by atoms with Crippen LogP contribution < -0.4 is 11.1 Å². The minimum Gasteiger partial charge on any atom is -0.328 e. The number of carbonyl (C=O) groups is 1. The predicted octanol–water partition coefficient (Wildman–Crippen LogP) is 3.38. The van der Waals surface area contributed by atoms with E-state index in [1.54, 1.807) is 0 Å². The van der Waals surface area contributed by atoms with E-state index < -0.39 is 0 Å². The molecule has 2 rings (SSSR count). The molecule has 23 heavy (non-hydrogen) atoms. The van der Waals surface area contributed by atoms with Crippen LogP contribution in [0.1, 0.15) is 30.9 Å². The molecular weight excluding hydrogens is 333 g/mol. The Kier molecular flexibility index (Phi) is 7.81. The predicted molar refractivity (Wildman–Crippen MR) is 99.6 cm³/mol. The van der Waals surface area contributed by atoms with Gasteiger partial charge in [-0.15, -0.1) is 12.4 Å². The van der Waals surface area contributed by atoms with Gasteiger partial charge in [-0.1, -0.05) is 17.7 Å². The third-order valence-electron chi connectivity index (χ3n) is 4.35. The summed E-state index contributed by atoms with van der Waals surface area (Å²) in [5.41, 5.74) is 8.80. The lowest BCUT2D eigenvalue weighted by molar-refractivity contribution is -0.117. The largest absolute Gasteiger partial charge is 0.328 e. The van der Waals surface area contributed by atoms with Gasteiger partial charge in [-0.2, -0.15) is 0 Å². The third-order valence-corrected chi connectivity index (χ3v) is 4.65. The van der Waals surface area contributed by atoms with Crippen molar-refractivity contribution in [1.29, 1.82) is 0 Å². The van der Waals surface area contributed by atoms with Crippen LogP contribution in [0.4, 0.5) is 5.69 Å². The summed E-state index contributed by atoms with van der Waals surface area (Å²) in [6.45, 7) is 8.24. The summed E-state index contributed by atoms with van der Waals surface area (Å²) in [7, 11) is 0. The number of anilines is 1. The molecule has 1 saturated heterocycles. The molecule has 0 bridgehead atoms. The average Bonchev–Trinajstić information content (AvgIpc) is 2.43. The first-order chi connectivity index (χ1) is 10.4. The smallest absolute Gasteiger partial charge is 0.238 e. The van der Waals surface area contributed by atoms with Gasteiger partial charge < -0.3 is 11.1 Å². The maximum absolute atomic E-state index is 12.3. The van der Waals surface area contributed by atoms with Crippen LogP contribution in [-0.2, 0) is 4.79 Å². The molecular formula is C17H27Cl2N3O. The van der Waals surface area contributed by atoms with Gasteiger partial charge in [-0.3, -0.25) is 9.69 Å². The van der Waals surface area contributed by atoms with Crippen LogP contribution in [0.15, 0.2) is 12.1 Å². The van der Waals surface area contributed by atoms with Gasteiger partial charge in [0.25, 0.3) is 0 Å². The molecule has 1 aromatic rings. The van der Waals surface area contributed by atoms with Gasteiger partial charge in [-0.25, -0.2) is 0 Å². The Bertz CT molecular complexity index is 526. The van der Waals surface area contributed by atoms with Crippen LogP contribution in [0.25, 0.3) is 0 Å². The second-order valence-corrected chi connectivity index (χ2v) is 6.89. The Hall–Kier alpha value is -0.810. The minimum absolute atomic E-state index is 0. The van der Waals surface area contributed by atoms with Crippen molar-refractivity contribution in [2.75, 3.05) is 25.0 Å². The van der Waals surface area contributed by atoms with Gasteiger partial charge >= 0.3 is 0 Å². The Morgan fingerprint density at radius 2 is 2.17 bits per heavy atom. The first-order valence-electron chi connectivity index (χ1n) is 7.91. The van der Waals surface area contributed by atoms with Gasteiger partial charge in [0.05, 0.1) is 17.3 Å². The number of likely N-dealkylation sites (tertiary alicyclic amines) is 1. The average molecular weight is 360 g/mol.